The van der Waals surface area contributed by atoms with E-state index in [0.717, 1.165) is 11.1 Å². The Morgan fingerprint density at radius 2 is 1.71 bits per heavy atom. The third-order valence-electron chi connectivity index (χ3n) is 6.42. The molecule has 190 valence electrons. The second-order valence-corrected chi connectivity index (χ2v) is 9.17. The van der Waals surface area contributed by atoms with E-state index in [2.05, 4.69) is 20.9 Å². The summed E-state index contributed by atoms with van der Waals surface area (Å²) in [5.74, 6) is -0.404. The number of nitrogens with one attached hydrogen (secondary N) is 3. The van der Waals surface area contributed by atoms with E-state index in [1.54, 1.807) is 25.1 Å². The summed E-state index contributed by atoms with van der Waals surface area (Å²) in [4.78, 5) is 45.3. The number of rotatable bonds is 9. The van der Waals surface area contributed by atoms with Crippen molar-refractivity contribution in [3.63, 3.8) is 0 Å². The minimum atomic E-state index is -0.710. The Morgan fingerprint density at radius 1 is 1.03 bits per heavy atom. The average molecular weight is 502 g/mol. The van der Waals surface area contributed by atoms with Crippen molar-refractivity contribution in [1.82, 2.24) is 20.9 Å². The maximum atomic E-state index is 13.7. The molecule has 1 aromatic carbocycles. The van der Waals surface area contributed by atoms with E-state index in [-0.39, 0.29) is 48.0 Å². The van der Waals surface area contributed by atoms with Crippen LogP contribution in [0, 0.1) is 5.92 Å². The molecule has 3 rings (SSSR count). The molecule has 0 fully saturated rings. The quantitative estimate of drug-likeness (QED) is 0.489. The first-order valence-electron chi connectivity index (χ1n) is 11.8. The molecule has 0 spiro atoms. The number of carbonyl (C=O) groups is 3. The molecule has 1 aliphatic heterocycles. The Morgan fingerprint density at radius 3 is 2.34 bits per heavy atom. The Bertz CT molecular complexity index is 1020. The Kier molecular flexibility index (Phi) is 10.2. The highest BCUT2D eigenvalue weighted by molar-refractivity contribution is 6.01. The van der Waals surface area contributed by atoms with Crippen molar-refractivity contribution >= 4 is 35.9 Å². The number of fused-ring (bicyclic) bond motifs is 1. The average Bonchev–Trinajstić information content (AvgIpc) is 3.22. The molecule has 35 heavy (non-hydrogen) atoms. The van der Waals surface area contributed by atoms with E-state index in [1.807, 2.05) is 63.2 Å². The Labute approximate surface area is 213 Å². The topological polar surface area (TPSA) is 103 Å². The standard InChI is InChI=1S/C26H35N5O3.ClH/c1-16(2)22(30-25(33)18(4)27-5)26(34)31-21(14-20-12-9-13-28-23(20)31)15-29-24(32)17(3)19-10-7-6-8-11-19;/h6-13,16-18,21-22,27H,14-15H2,1-5H3,(H,29,32)(H,30,33);1H/t17?,18-,21-,22-;/m0./s1. The van der Waals surface area contributed by atoms with Gasteiger partial charge >= 0.3 is 0 Å². The largest absolute Gasteiger partial charge is 0.353 e. The lowest BCUT2D eigenvalue weighted by atomic mass is 10.00. The lowest BCUT2D eigenvalue weighted by Crippen LogP contribution is -2.57. The van der Waals surface area contributed by atoms with E-state index in [4.69, 9.17) is 0 Å². The lowest BCUT2D eigenvalue weighted by Gasteiger charge is -2.31. The molecule has 1 aliphatic rings. The number of pyridine rings is 1. The second kappa shape index (κ2) is 12.7. The Balaban J connectivity index is 0.00000432. The fourth-order valence-electron chi connectivity index (χ4n) is 4.11. The zero-order valence-corrected chi connectivity index (χ0v) is 21.8. The number of halogens is 1. The van der Waals surface area contributed by atoms with Gasteiger partial charge in [-0.2, -0.15) is 0 Å². The van der Waals surface area contributed by atoms with Gasteiger partial charge in [0.2, 0.25) is 11.8 Å². The minimum absolute atomic E-state index is 0. The van der Waals surface area contributed by atoms with Crippen LogP contribution in [0.3, 0.4) is 0 Å². The van der Waals surface area contributed by atoms with Crippen molar-refractivity contribution < 1.29 is 14.4 Å². The summed E-state index contributed by atoms with van der Waals surface area (Å²) in [7, 11) is 1.70. The van der Waals surface area contributed by atoms with Crippen molar-refractivity contribution in [2.24, 2.45) is 5.92 Å². The number of likely N-dealkylation sites (N-methyl/N-ethyl adjacent to an activating group) is 1. The third kappa shape index (κ3) is 6.58. The van der Waals surface area contributed by atoms with Crippen molar-refractivity contribution in [1.29, 1.82) is 0 Å². The highest BCUT2D eigenvalue weighted by Crippen LogP contribution is 2.31. The number of benzene rings is 1. The predicted octanol–water partition coefficient (Wildman–Crippen LogP) is 2.43. The zero-order chi connectivity index (χ0) is 24.8. The molecule has 0 saturated carbocycles. The molecule has 4 atom stereocenters. The van der Waals surface area contributed by atoms with Crippen LogP contribution in [-0.4, -0.2) is 54.4 Å². The molecule has 1 unspecified atom stereocenters. The SMILES string of the molecule is CN[C@@H](C)C(=O)N[C@H](C(=O)N1c2ncccc2C[C@H]1CNC(=O)C(C)c1ccccc1)C(C)C.Cl. The minimum Gasteiger partial charge on any atom is -0.353 e. The summed E-state index contributed by atoms with van der Waals surface area (Å²) in [6, 6.07) is 12.0. The molecule has 2 aromatic rings. The third-order valence-corrected chi connectivity index (χ3v) is 6.42. The van der Waals surface area contributed by atoms with E-state index >= 15 is 0 Å². The normalized spacial score (nSPS) is 17.1. The maximum absolute atomic E-state index is 13.7. The Hall–Kier alpha value is -2.97. The van der Waals surface area contributed by atoms with Gasteiger partial charge in [0.1, 0.15) is 11.9 Å². The number of nitrogens with zero attached hydrogens (tertiary/aromatic N) is 2. The van der Waals surface area contributed by atoms with Crippen LogP contribution in [-0.2, 0) is 20.8 Å². The maximum Gasteiger partial charge on any atom is 0.251 e. The van der Waals surface area contributed by atoms with Crippen LogP contribution in [0.5, 0.6) is 0 Å². The molecule has 2 heterocycles. The molecule has 3 N–H and O–H groups in total. The summed E-state index contributed by atoms with van der Waals surface area (Å²) in [6.07, 6.45) is 2.24. The van der Waals surface area contributed by atoms with E-state index in [1.165, 1.54) is 0 Å². The second-order valence-electron chi connectivity index (χ2n) is 9.17. The number of amides is 3. The molecular weight excluding hydrogens is 466 g/mol. The highest BCUT2D eigenvalue weighted by atomic mass is 35.5. The first-order chi connectivity index (χ1) is 16.2. The zero-order valence-electron chi connectivity index (χ0n) is 20.9. The number of aromatic nitrogens is 1. The van der Waals surface area contributed by atoms with Crippen molar-refractivity contribution in [3.05, 3.63) is 59.8 Å². The molecule has 0 saturated heterocycles. The van der Waals surface area contributed by atoms with Crippen LogP contribution in [0.4, 0.5) is 5.82 Å². The summed E-state index contributed by atoms with van der Waals surface area (Å²) in [6.45, 7) is 7.72. The highest BCUT2D eigenvalue weighted by Gasteiger charge is 2.40. The van der Waals surface area contributed by atoms with Crippen LogP contribution < -0.4 is 20.9 Å². The molecule has 0 bridgehead atoms. The number of hydrogen-bond donors (Lipinski definition) is 3. The summed E-state index contributed by atoms with van der Waals surface area (Å²) in [5.41, 5.74) is 1.88. The molecule has 0 radical (unpaired) electrons. The van der Waals surface area contributed by atoms with Gasteiger partial charge in [-0.15, -0.1) is 12.4 Å². The summed E-state index contributed by atoms with van der Waals surface area (Å²) in [5, 5.41) is 8.81. The number of hydrogen-bond acceptors (Lipinski definition) is 5. The molecule has 3 amide bonds. The fraction of sp³-hybridized carbons (Fsp3) is 0.462. The molecule has 0 aliphatic carbocycles. The van der Waals surface area contributed by atoms with Crippen LogP contribution in [0.15, 0.2) is 48.7 Å². The van der Waals surface area contributed by atoms with Crippen LogP contribution in [0.2, 0.25) is 0 Å². The van der Waals surface area contributed by atoms with Crippen molar-refractivity contribution in [3.8, 4) is 0 Å². The summed E-state index contributed by atoms with van der Waals surface area (Å²) < 4.78 is 0. The van der Waals surface area contributed by atoms with Crippen molar-refractivity contribution in [2.45, 2.75) is 58.2 Å². The van der Waals surface area contributed by atoms with Gasteiger partial charge in [0, 0.05) is 12.7 Å². The summed E-state index contributed by atoms with van der Waals surface area (Å²) >= 11 is 0. The number of carbonyl (C=O) groups excluding carboxylic acids is 3. The van der Waals surface area contributed by atoms with Gasteiger partial charge < -0.3 is 16.0 Å². The van der Waals surface area contributed by atoms with Gasteiger partial charge in [-0.1, -0.05) is 50.2 Å². The molecule has 1 aromatic heterocycles. The van der Waals surface area contributed by atoms with Gasteiger partial charge in [-0.05, 0) is 50.4 Å². The number of anilines is 1. The molecular formula is C26H36ClN5O3. The first kappa shape index (κ1) is 28.3. The van der Waals surface area contributed by atoms with Crippen LogP contribution in [0.1, 0.15) is 44.7 Å². The predicted molar refractivity (Wildman–Crippen MR) is 140 cm³/mol. The molecule has 8 nitrogen and oxygen atoms in total. The van der Waals surface area contributed by atoms with Gasteiger partial charge in [0.05, 0.1) is 18.0 Å². The van der Waals surface area contributed by atoms with E-state index in [0.29, 0.717) is 18.8 Å². The van der Waals surface area contributed by atoms with Gasteiger partial charge in [-0.3, -0.25) is 19.3 Å². The smallest absolute Gasteiger partial charge is 0.251 e. The van der Waals surface area contributed by atoms with Gasteiger partial charge in [-0.25, -0.2) is 4.98 Å². The first-order valence-corrected chi connectivity index (χ1v) is 11.8. The van der Waals surface area contributed by atoms with Crippen LogP contribution >= 0.6 is 12.4 Å². The monoisotopic (exact) mass is 501 g/mol. The van der Waals surface area contributed by atoms with E-state index in [9.17, 15) is 14.4 Å². The fourth-order valence-corrected chi connectivity index (χ4v) is 4.11. The van der Waals surface area contributed by atoms with Gasteiger partial charge in [0.15, 0.2) is 0 Å². The lowest BCUT2D eigenvalue weighted by molar-refractivity contribution is -0.129. The van der Waals surface area contributed by atoms with E-state index < -0.39 is 12.1 Å². The molecule has 9 heteroatoms. The van der Waals surface area contributed by atoms with Crippen LogP contribution in [0.25, 0.3) is 0 Å². The van der Waals surface area contributed by atoms with Crippen molar-refractivity contribution in [2.75, 3.05) is 18.5 Å². The van der Waals surface area contributed by atoms with Gasteiger partial charge in [0.25, 0.3) is 5.91 Å².